The number of anilines is 1. The zero-order valence-corrected chi connectivity index (χ0v) is 16.1. The van der Waals surface area contributed by atoms with Gasteiger partial charge in [0.15, 0.2) is 11.7 Å². The summed E-state index contributed by atoms with van der Waals surface area (Å²) in [4.78, 5) is 25.6. The molecule has 0 radical (unpaired) electrons. The summed E-state index contributed by atoms with van der Waals surface area (Å²) in [6.45, 7) is -3.51. The van der Waals surface area contributed by atoms with Gasteiger partial charge in [-0.1, -0.05) is 25.8 Å². The number of aryl methyl sites for hydroxylation is 1. The Morgan fingerprint density at radius 3 is 2.76 bits per heavy atom. The van der Waals surface area contributed by atoms with Crippen molar-refractivity contribution in [3.63, 3.8) is 0 Å². The van der Waals surface area contributed by atoms with E-state index in [-0.39, 0.29) is 23.8 Å². The number of aromatic nitrogens is 3. The molecule has 1 amide bonds. The molecule has 3 aromatic rings. The van der Waals surface area contributed by atoms with Crippen LogP contribution in [-0.2, 0) is 4.79 Å². The molecule has 1 fully saturated rings. The molecule has 0 saturated heterocycles. The first-order chi connectivity index (χ1) is 16.4. The predicted molar refractivity (Wildman–Crippen MR) is 112 cm³/mol. The second kappa shape index (κ2) is 8.29. The molecule has 1 aliphatic rings. The van der Waals surface area contributed by atoms with Crippen LogP contribution in [0.25, 0.3) is 22.2 Å². The highest BCUT2D eigenvalue weighted by molar-refractivity contribution is 5.92. The number of oxazole rings is 1. The van der Waals surface area contributed by atoms with Crippen molar-refractivity contribution in [3.05, 3.63) is 36.5 Å². The Bertz CT molecular complexity index is 1190. The van der Waals surface area contributed by atoms with Crippen LogP contribution in [0.4, 0.5) is 5.95 Å². The molecule has 7 heteroatoms. The van der Waals surface area contributed by atoms with E-state index in [9.17, 15) is 4.79 Å². The molecule has 1 aliphatic carbocycles. The third kappa shape index (κ3) is 4.62. The molecule has 2 aromatic heterocycles. The molecule has 7 nitrogen and oxygen atoms in total. The number of amides is 1. The standard InChI is InChI=1S/C22H27N5O2/c1-13(2)25-18-8-6-15(7-9-18)21(28)27-22-24-11-17-5-4-16(10-19(17)26-22)20-12-23-14(3)29-20/h4-5,10-13,15,18,25H,6-9H2,1-3H3,(H,24,26,27,28)/i1D3,2D3. The van der Waals surface area contributed by atoms with E-state index in [0.29, 0.717) is 42.9 Å². The van der Waals surface area contributed by atoms with E-state index in [2.05, 4.69) is 25.6 Å². The zero-order valence-electron chi connectivity index (χ0n) is 22.1. The van der Waals surface area contributed by atoms with Crippen molar-refractivity contribution in [2.45, 2.75) is 58.4 Å². The van der Waals surface area contributed by atoms with Crippen molar-refractivity contribution >= 4 is 22.8 Å². The van der Waals surface area contributed by atoms with E-state index in [4.69, 9.17) is 12.6 Å². The second-order valence-electron chi connectivity index (χ2n) is 7.35. The summed E-state index contributed by atoms with van der Waals surface area (Å²) in [6.07, 6.45) is 5.28. The first-order valence-electron chi connectivity index (χ1n) is 12.7. The SMILES string of the molecule is [2H]C([2H])([2H])C(NC1CCC(C(=O)Nc2ncc3ccc(-c4cnc(C)o4)cc3n2)CC1)C([2H])([2H])[2H]. The number of benzene rings is 1. The van der Waals surface area contributed by atoms with Crippen molar-refractivity contribution in [1.29, 1.82) is 0 Å². The molecule has 29 heavy (non-hydrogen) atoms. The van der Waals surface area contributed by atoms with Crippen molar-refractivity contribution in [2.75, 3.05) is 5.32 Å². The van der Waals surface area contributed by atoms with Gasteiger partial charge < -0.3 is 9.73 Å². The van der Waals surface area contributed by atoms with Gasteiger partial charge in [-0.3, -0.25) is 10.1 Å². The largest absolute Gasteiger partial charge is 0.441 e. The Balaban J connectivity index is 1.38. The van der Waals surface area contributed by atoms with E-state index in [0.717, 1.165) is 10.9 Å². The van der Waals surface area contributed by atoms with Crippen LogP contribution in [0, 0.1) is 12.8 Å². The van der Waals surface area contributed by atoms with E-state index < -0.39 is 19.7 Å². The number of rotatable bonds is 5. The molecule has 152 valence electrons. The van der Waals surface area contributed by atoms with Gasteiger partial charge in [-0.25, -0.2) is 15.0 Å². The smallest absolute Gasteiger partial charge is 0.229 e. The third-order valence-electron chi connectivity index (χ3n) is 5.22. The Hall–Kier alpha value is -2.80. The lowest BCUT2D eigenvalue weighted by Gasteiger charge is -2.29. The van der Waals surface area contributed by atoms with E-state index in [1.54, 1.807) is 19.3 Å². The van der Waals surface area contributed by atoms with Gasteiger partial charge in [0.05, 0.1) is 11.7 Å². The number of carbonyl (C=O) groups excluding carboxylic acids is 1. The van der Waals surface area contributed by atoms with E-state index >= 15 is 0 Å². The lowest BCUT2D eigenvalue weighted by Crippen LogP contribution is -2.39. The van der Waals surface area contributed by atoms with Crippen LogP contribution in [0.5, 0.6) is 0 Å². The molecule has 2 heterocycles. The van der Waals surface area contributed by atoms with Gasteiger partial charge in [-0.2, -0.15) is 0 Å². The Morgan fingerprint density at radius 1 is 1.21 bits per heavy atom. The molecule has 1 saturated carbocycles. The normalized spacial score (nSPS) is 23.5. The molecular formula is C22H27N5O2. The predicted octanol–water partition coefficient (Wildman–Crippen LogP) is 4.09. The van der Waals surface area contributed by atoms with Crippen LogP contribution < -0.4 is 10.6 Å². The van der Waals surface area contributed by atoms with Gasteiger partial charge in [0.25, 0.3) is 0 Å². The molecule has 0 spiro atoms. The highest BCUT2D eigenvalue weighted by Gasteiger charge is 2.27. The molecule has 1 aromatic carbocycles. The number of nitrogens with zero attached hydrogens (tertiary/aromatic N) is 3. The van der Waals surface area contributed by atoms with Gasteiger partial charge >= 0.3 is 0 Å². The van der Waals surface area contributed by atoms with Crippen molar-refractivity contribution in [2.24, 2.45) is 5.92 Å². The fourth-order valence-electron chi connectivity index (χ4n) is 3.70. The van der Waals surface area contributed by atoms with Crippen LogP contribution >= 0.6 is 0 Å². The summed E-state index contributed by atoms with van der Waals surface area (Å²) in [5.41, 5.74) is 1.46. The molecular weight excluding hydrogens is 366 g/mol. The van der Waals surface area contributed by atoms with E-state index in [1.807, 2.05) is 18.2 Å². The minimum Gasteiger partial charge on any atom is -0.441 e. The first kappa shape index (κ1) is 13.4. The Morgan fingerprint density at radius 2 is 2.03 bits per heavy atom. The number of nitrogens with one attached hydrogen (secondary N) is 2. The minimum absolute atomic E-state index is 0.193. The summed E-state index contributed by atoms with van der Waals surface area (Å²) >= 11 is 0. The Labute approximate surface area is 178 Å². The number of hydrogen-bond donors (Lipinski definition) is 2. The maximum absolute atomic E-state index is 12.8. The highest BCUT2D eigenvalue weighted by atomic mass is 16.4. The van der Waals surface area contributed by atoms with Crippen LogP contribution in [0.15, 0.2) is 35.0 Å². The summed E-state index contributed by atoms with van der Waals surface area (Å²) < 4.78 is 50.8. The molecule has 2 N–H and O–H groups in total. The minimum atomic E-state index is -2.64. The summed E-state index contributed by atoms with van der Waals surface area (Å²) in [7, 11) is 0. The van der Waals surface area contributed by atoms with Gasteiger partial charge in [-0.15, -0.1) is 0 Å². The van der Waals surface area contributed by atoms with Crippen LogP contribution in [0.1, 0.15) is 53.5 Å². The average Bonchev–Trinajstić information content (AvgIpc) is 3.22. The molecule has 0 unspecified atom stereocenters. The molecule has 4 rings (SSSR count). The van der Waals surface area contributed by atoms with Gasteiger partial charge in [0.2, 0.25) is 11.9 Å². The monoisotopic (exact) mass is 399 g/mol. The maximum Gasteiger partial charge on any atom is 0.229 e. The molecule has 0 bridgehead atoms. The lowest BCUT2D eigenvalue weighted by atomic mass is 9.85. The summed E-state index contributed by atoms with van der Waals surface area (Å²) in [5.74, 6) is 0.868. The quantitative estimate of drug-likeness (QED) is 0.671. The van der Waals surface area contributed by atoms with Crippen molar-refractivity contribution in [3.8, 4) is 11.3 Å². The Kier molecular flexibility index (Phi) is 3.84. The van der Waals surface area contributed by atoms with Crippen molar-refractivity contribution in [1.82, 2.24) is 20.3 Å². The maximum atomic E-state index is 12.8. The number of carbonyl (C=O) groups is 1. The van der Waals surface area contributed by atoms with Gasteiger partial charge in [-0.05, 0) is 31.7 Å². The van der Waals surface area contributed by atoms with Crippen LogP contribution in [0.2, 0.25) is 0 Å². The molecule has 0 aliphatic heterocycles. The highest BCUT2D eigenvalue weighted by Crippen LogP contribution is 2.27. The third-order valence-corrected chi connectivity index (χ3v) is 5.22. The van der Waals surface area contributed by atoms with Crippen LogP contribution in [-0.4, -0.2) is 32.9 Å². The molecule has 0 atom stereocenters. The lowest BCUT2D eigenvalue weighted by molar-refractivity contribution is -0.120. The summed E-state index contributed by atoms with van der Waals surface area (Å²) in [6, 6.07) is 3.73. The van der Waals surface area contributed by atoms with E-state index in [1.165, 1.54) is 0 Å². The second-order valence-corrected chi connectivity index (χ2v) is 7.35. The van der Waals surface area contributed by atoms with Gasteiger partial charge in [0, 0.05) is 50.3 Å². The fraction of sp³-hybridized carbons (Fsp3) is 0.455. The zero-order chi connectivity index (χ0) is 25.4. The van der Waals surface area contributed by atoms with Gasteiger partial charge in [0.1, 0.15) is 0 Å². The summed E-state index contributed by atoms with van der Waals surface area (Å²) in [5, 5.41) is 6.38. The topological polar surface area (TPSA) is 92.9 Å². The number of hydrogen-bond acceptors (Lipinski definition) is 6. The average molecular weight is 400 g/mol. The first-order valence-corrected chi connectivity index (χ1v) is 9.66. The van der Waals surface area contributed by atoms with Crippen LogP contribution in [0.3, 0.4) is 0 Å². The van der Waals surface area contributed by atoms with Crippen molar-refractivity contribution < 1.29 is 17.4 Å². The fourth-order valence-corrected chi connectivity index (χ4v) is 3.70. The number of fused-ring (bicyclic) bond motifs is 1.